The van der Waals surface area contributed by atoms with Crippen molar-refractivity contribution in [2.45, 2.75) is 0 Å². The third-order valence-electron chi connectivity index (χ3n) is 1.84. The number of aromatic carboxylic acids is 1. The van der Waals surface area contributed by atoms with E-state index in [1.165, 1.54) is 17.4 Å². The van der Waals surface area contributed by atoms with Crippen LogP contribution in [0, 0.1) is 0 Å². The van der Waals surface area contributed by atoms with Gasteiger partial charge in [-0.25, -0.2) is 4.79 Å². The highest BCUT2D eigenvalue weighted by molar-refractivity contribution is 7.08. The molecule has 76 valence electrons. The standard InChI is InChI=1S/C11H8O3S/c12-11(13)9-3-1-2-4-10(9)14-8-5-6-15-7-8/h1-7H,(H,12,13). The van der Waals surface area contributed by atoms with E-state index in [1.54, 1.807) is 24.3 Å². The molecule has 4 heteroatoms. The number of carboxylic acid groups (broad SMARTS) is 1. The first-order valence-corrected chi connectivity index (χ1v) is 5.24. The Morgan fingerprint density at radius 1 is 1.27 bits per heavy atom. The summed E-state index contributed by atoms with van der Waals surface area (Å²) in [6.07, 6.45) is 0. The number of benzene rings is 1. The van der Waals surface area contributed by atoms with Crippen LogP contribution in [0.1, 0.15) is 10.4 Å². The first-order valence-electron chi connectivity index (χ1n) is 4.30. The molecule has 2 rings (SSSR count). The van der Waals surface area contributed by atoms with Crippen molar-refractivity contribution in [2.75, 3.05) is 0 Å². The number of para-hydroxylation sites is 1. The molecule has 0 saturated carbocycles. The summed E-state index contributed by atoms with van der Waals surface area (Å²) < 4.78 is 5.44. The SMILES string of the molecule is O=C(O)c1ccccc1Oc1ccsc1. The van der Waals surface area contributed by atoms with Crippen molar-refractivity contribution in [3.05, 3.63) is 46.7 Å². The van der Waals surface area contributed by atoms with E-state index < -0.39 is 5.97 Å². The van der Waals surface area contributed by atoms with Gasteiger partial charge in [-0.2, -0.15) is 0 Å². The Bertz CT molecular complexity index is 462. The van der Waals surface area contributed by atoms with E-state index in [2.05, 4.69) is 0 Å². The lowest BCUT2D eigenvalue weighted by Crippen LogP contribution is -1.98. The summed E-state index contributed by atoms with van der Waals surface area (Å²) in [5.74, 6) is 0.0397. The largest absolute Gasteiger partial charge is 0.478 e. The molecule has 0 fully saturated rings. The summed E-state index contributed by atoms with van der Waals surface area (Å²) in [6, 6.07) is 8.37. The molecular formula is C11H8O3S. The van der Waals surface area contributed by atoms with Crippen molar-refractivity contribution in [3.63, 3.8) is 0 Å². The third kappa shape index (κ3) is 2.16. The van der Waals surface area contributed by atoms with Crippen LogP contribution < -0.4 is 4.74 Å². The maximum atomic E-state index is 10.9. The lowest BCUT2D eigenvalue weighted by molar-refractivity contribution is 0.0694. The highest BCUT2D eigenvalue weighted by Crippen LogP contribution is 2.26. The van der Waals surface area contributed by atoms with Crippen LogP contribution in [0.25, 0.3) is 0 Å². The number of carboxylic acids is 1. The van der Waals surface area contributed by atoms with Gasteiger partial charge in [0, 0.05) is 5.38 Å². The molecule has 0 radical (unpaired) electrons. The summed E-state index contributed by atoms with van der Waals surface area (Å²) in [6.45, 7) is 0. The Kier molecular flexibility index (Phi) is 2.69. The third-order valence-corrected chi connectivity index (χ3v) is 2.50. The zero-order valence-electron chi connectivity index (χ0n) is 7.71. The molecule has 0 aliphatic heterocycles. The minimum absolute atomic E-state index is 0.170. The zero-order valence-corrected chi connectivity index (χ0v) is 8.53. The molecule has 0 amide bonds. The minimum Gasteiger partial charge on any atom is -0.478 e. The summed E-state index contributed by atoms with van der Waals surface area (Å²) in [5.41, 5.74) is 0.170. The van der Waals surface area contributed by atoms with Gasteiger partial charge in [-0.05, 0) is 23.6 Å². The van der Waals surface area contributed by atoms with Gasteiger partial charge in [0.2, 0.25) is 0 Å². The molecule has 0 atom stereocenters. The fraction of sp³-hybridized carbons (Fsp3) is 0. The van der Waals surface area contributed by atoms with Gasteiger partial charge in [-0.3, -0.25) is 0 Å². The molecule has 1 aromatic carbocycles. The van der Waals surface area contributed by atoms with Crippen molar-refractivity contribution in [3.8, 4) is 11.5 Å². The van der Waals surface area contributed by atoms with Crippen LogP contribution in [0.4, 0.5) is 0 Å². The molecule has 1 heterocycles. The first-order chi connectivity index (χ1) is 7.27. The van der Waals surface area contributed by atoms with E-state index in [1.807, 2.05) is 10.8 Å². The number of carbonyl (C=O) groups is 1. The van der Waals surface area contributed by atoms with Crippen LogP contribution in [0.5, 0.6) is 11.5 Å². The van der Waals surface area contributed by atoms with Gasteiger partial charge in [0.05, 0.1) is 0 Å². The highest BCUT2D eigenvalue weighted by atomic mass is 32.1. The van der Waals surface area contributed by atoms with Crippen molar-refractivity contribution in [1.82, 2.24) is 0 Å². The summed E-state index contributed by atoms with van der Waals surface area (Å²) in [5, 5.41) is 12.6. The summed E-state index contributed by atoms with van der Waals surface area (Å²) in [4.78, 5) is 10.9. The lowest BCUT2D eigenvalue weighted by Gasteiger charge is -2.05. The van der Waals surface area contributed by atoms with Crippen molar-refractivity contribution in [2.24, 2.45) is 0 Å². The Morgan fingerprint density at radius 3 is 2.73 bits per heavy atom. The molecule has 0 aliphatic rings. The summed E-state index contributed by atoms with van der Waals surface area (Å²) >= 11 is 1.50. The van der Waals surface area contributed by atoms with Crippen molar-refractivity contribution < 1.29 is 14.6 Å². The average Bonchev–Trinajstić information content (AvgIpc) is 2.71. The predicted molar refractivity (Wildman–Crippen MR) is 57.8 cm³/mol. The van der Waals surface area contributed by atoms with E-state index in [0.717, 1.165) is 0 Å². The fourth-order valence-corrected chi connectivity index (χ4v) is 1.72. The van der Waals surface area contributed by atoms with E-state index in [0.29, 0.717) is 11.5 Å². The summed E-state index contributed by atoms with van der Waals surface area (Å²) in [7, 11) is 0. The topological polar surface area (TPSA) is 46.5 Å². The Morgan fingerprint density at radius 2 is 2.07 bits per heavy atom. The zero-order chi connectivity index (χ0) is 10.7. The van der Waals surface area contributed by atoms with Gasteiger partial charge in [-0.1, -0.05) is 12.1 Å². The second-order valence-corrected chi connectivity index (χ2v) is 3.64. The second kappa shape index (κ2) is 4.14. The highest BCUT2D eigenvalue weighted by Gasteiger charge is 2.10. The number of hydrogen-bond donors (Lipinski definition) is 1. The molecule has 3 nitrogen and oxygen atoms in total. The molecule has 0 saturated heterocycles. The maximum absolute atomic E-state index is 10.9. The molecule has 15 heavy (non-hydrogen) atoms. The van der Waals surface area contributed by atoms with Gasteiger partial charge in [0.15, 0.2) is 0 Å². The second-order valence-electron chi connectivity index (χ2n) is 2.86. The van der Waals surface area contributed by atoms with Crippen LogP contribution in [0.3, 0.4) is 0 Å². The quantitative estimate of drug-likeness (QED) is 0.863. The number of rotatable bonds is 3. The molecule has 2 aromatic rings. The minimum atomic E-state index is -0.985. The molecule has 1 N–H and O–H groups in total. The smallest absolute Gasteiger partial charge is 0.339 e. The van der Waals surface area contributed by atoms with Crippen LogP contribution in [-0.4, -0.2) is 11.1 Å². The molecule has 0 aliphatic carbocycles. The predicted octanol–water partition coefficient (Wildman–Crippen LogP) is 3.24. The van der Waals surface area contributed by atoms with Crippen LogP contribution >= 0.6 is 11.3 Å². The monoisotopic (exact) mass is 220 g/mol. The van der Waals surface area contributed by atoms with Crippen molar-refractivity contribution >= 4 is 17.3 Å². The fourth-order valence-electron chi connectivity index (χ4n) is 1.17. The molecular weight excluding hydrogens is 212 g/mol. The molecule has 0 unspecified atom stereocenters. The van der Waals surface area contributed by atoms with E-state index in [4.69, 9.17) is 9.84 Å². The van der Waals surface area contributed by atoms with Gasteiger partial charge < -0.3 is 9.84 Å². The van der Waals surface area contributed by atoms with Gasteiger partial charge >= 0.3 is 5.97 Å². The van der Waals surface area contributed by atoms with Crippen LogP contribution in [-0.2, 0) is 0 Å². The van der Waals surface area contributed by atoms with E-state index >= 15 is 0 Å². The first kappa shape index (κ1) is 9.73. The maximum Gasteiger partial charge on any atom is 0.339 e. The van der Waals surface area contributed by atoms with E-state index in [9.17, 15) is 4.79 Å². The Hall–Kier alpha value is -1.81. The van der Waals surface area contributed by atoms with Gasteiger partial charge in [-0.15, -0.1) is 11.3 Å². The lowest BCUT2D eigenvalue weighted by atomic mass is 10.2. The van der Waals surface area contributed by atoms with E-state index in [-0.39, 0.29) is 5.56 Å². The van der Waals surface area contributed by atoms with Crippen molar-refractivity contribution in [1.29, 1.82) is 0 Å². The normalized spacial score (nSPS) is 9.87. The number of thiophene rings is 1. The van der Waals surface area contributed by atoms with Crippen LogP contribution in [0.2, 0.25) is 0 Å². The number of ether oxygens (including phenoxy) is 1. The van der Waals surface area contributed by atoms with Gasteiger partial charge in [0.1, 0.15) is 17.1 Å². The molecule has 0 spiro atoms. The van der Waals surface area contributed by atoms with Crippen LogP contribution in [0.15, 0.2) is 41.1 Å². The average molecular weight is 220 g/mol. The number of hydrogen-bond acceptors (Lipinski definition) is 3. The van der Waals surface area contributed by atoms with Gasteiger partial charge in [0.25, 0.3) is 0 Å². The molecule has 1 aromatic heterocycles. The Balaban J connectivity index is 2.32. The molecule has 0 bridgehead atoms. The Labute approximate surface area is 90.6 Å².